The van der Waals surface area contributed by atoms with E-state index in [1.165, 1.54) is 96.3 Å². The predicted octanol–water partition coefficient (Wildman–Crippen LogP) is 9.84. The minimum Gasteiger partial charge on any atom is -0.505 e. The lowest BCUT2D eigenvalue weighted by Crippen LogP contribution is -1.97. The highest BCUT2D eigenvalue weighted by Crippen LogP contribution is 2.31. The van der Waals surface area contributed by atoms with Crippen LogP contribution in [0.4, 0.5) is 11.5 Å². The van der Waals surface area contributed by atoms with E-state index in [1.54, 1.807) is 24.4 Å². The first-order valence-corrected chi connectivity index (χ1v) is 13.6. The standard InChI is InChI=1S/C29H45N3O2/c1-2-3-4-5-6-7-8-9-10-11-12-13-14-15-16-19-24-34-26-21-22-27(28(33)25-26)31-32-29-20-17-18-23-30-29/h17-18,20-23,25,33H,2-16,19,24H2,1H3. The van der Waals surface area contributed by atoms with E-state index in [-0.39, 0.29) is 5.75 Å². The fourth-order valence-electron chi connectivity index (χ4n) is 4.04. The van der Waals surface area contributed by atoms with Gasteiger partial charge in [-0.15, -0.1) is 10.2 Å². The van der Waals surface area contributed by atoms with Gasteiger partial charge in [0.15, 0.2) is 5.82 Å². The zero-order valence-electron chi connectivity index (χ0n) is 21.3. The fraction of sp³-hybridized carbons (Fsp3) is 0.621. The fourth-order valence-corrected chi connectivity index (χ4v) is 4.04. The quantitative estimate of drug-likeness (QED) is 0.156. The molecule has 0 atom stereocenters. The molecular weight excluding hydrogens is 422 g/mol. The number of azo groups is 1. The van der Waals surface area contributed by atoms with Crippen LogP contribution < -0.4 is 4.74 Å². The number of unbranched alkanes of at least 4 members (excludes halogenated alkanes) is 15. The molecule has 2 rings (SSSR count). The summed E-state index contributed by atoms with van der Waals surface area (Å²) in [7, 11) is 0. The van der Waals surface area contributed by atoms with Crippen LogP contribution in [0, 0.1) is 0 Å². The lowest BCUT2D eigenvalue weighted by molar-refractivity contribution is 0.302. The Hall–Kier alpha value is -2.43. The minimum atomic E-state index is 0.0594. The minimum absolute atomic E-state index is 0.0594. The van der Waals surface area contributed by atoms with Crippen LogP contribution in [0.25, 0.3) is 0 Å². The van der Waals surface area contributed by atoms with Crippen molar-refractivity contribution in [2.24, 2.45) is 10.2 Å². The molecule has 0 amide bonds. The first-order chi connectivity index (χ1) is 16.8. The average Bonchev–Trinajstić information content (AvgIpc) is 2.86. The van der Waals surface area contributed by atoms with Crippen molar-refractivity contribution in [1.29, 1.82) is 0 Å². The van der Waals surface area contributed by atoms with E-state index in [9.17, 15) is 5.11 Å². The van der Waals surface area contributed by atoms with Crippen molar-refractivity contribution in [2.75, 3.05) is 6.61 Å². The summed E-state index contributed by atoms with van der Waals surface area (Å²) < 4.78 is 5.78. The molecule has 0 fully saturated rings. The average molecular weight is 468 g/mol. The van der Waals surface area contributed by atoms with Crippen molar-refractivity contribution < 1.29 is 9.84 Å². The van der Waals surface area contributed by atoms with Crippen molar-refractivity contribution in [3.05, 3.63) is 42.6 Å². The summed E-state index contributed by atoms with van der Waals surface area (Å²) in [5.74, 6) is 1.23. The third kappa shape index (κ3) is 13.3. The van der Waals surface area contributed by atoms with Crippen LogP contribution in [0.15, 0.2) is 52.8 Å². The van der Waals surface area contributed by atoms with Gasteiger partial charge in [-0.25, -0.2) is 4.98 Å². The van der Waals surface area contributed by atoms with Crippen molar-refractivity contribution >= 4 is 11.5 Å². The smallest absolute Gasteiger partial charge is 0.174 e. The van der Waals surface area contributed by atoms with Gasteiger partial charge in [0.1, 0.15) is 17.2 Å². The van der Waals surface area contributed by atoms with Crippen LogP contribution in [0.3, 0.4) is 0 Å². The number of ether oxygens (including phenoxy) is 1. The monoisotopic (exact) mass is 467 g/mol. The number of phenols is 1. The molecule has 0 unspecified atom stereocenters. The maximum Gasteiger partial charge on any atom is 0.174 e. The maximum absolute atomic E-state index is 10.2. The summed E-state index contributed by atoms with van der Waals surface area (Å²) in [5, 5.41) is 18.2. The van der Waals surface area contributed by atoms with Crippen LogP contribution in [0.5, 0.6) is 11.5 Å². The Morgan fingerprint density at radius 3 is 1.82 bits per heavy atom. The second-order valence-corrected chi connectivity index (χ2v) is 9.19. The summed E-state index contributed by atoms with van der Waals surface area (Å²) in [6.07, 6.45) is 23.4. The summed E-state index contributed by atoms with van der Waals surface area (Å²) in [6, 6.07) is 10.6. The Morgan fingerprint density at radius 1 is 0.706 bits per heavy atom. The number of aromatic hydroxyl groups is 1. The summed E-state index contributed by atoms with van der Waals surface area (Å²) in [5.41, 5.74) is 0.403. The Labute approximate surface area is 207 Å². The van der Waals surface area contributed by atoms with Gasteiger partial charge in [-0.3, -0.25) is 0 Å². The van der Waals surface area contributed by atoms with Crippen molar-refractivity contribution in [2.45, 2.75) is 110 Å². The van der Waals surface area contributed by atoms with E-state index < -0.39 is 0 Å². The number of rotatable bonds is 20. The third-order valence-corrected chi connectivity index (χ3v) is 6.12. The highest BCUT2D eigenvalue weighted by Gasteiger charge is 2.03. The molecule has 1 aromatic heterocycles. The van der Waals surface area contributed by atoms with Crippen LogP contribution >= 0.6 is 0 Å². The van der Waals surface area contributed by atoms with Crippen LogP contribution in [-0.2, 0) is 0 Å². The molecule has 0 aliphatic rings. The molecule has 0 radical (unpaired) electrons. The van der Waals surface area contributed by atoms with Gasteiger partial charge in [0.05, 0.1) is 6.61 Å². The Kier molecular flexibility index (Phi) is 15.5. The molecule has 0 aliphatic carbocycles. The first-order valence-electron chi connectivity index (χ1n) is 13.6. The molecule has 1 heterocycles. The lowest BCUT2D eigenvalue weighted by Gasteiger charge is -2.07. The second-order valence-electron chi connectivity index (χ2n) is 9.19. The molecule has 5 heteroatoms. The molecule has 0 bridgehead atoms. The molecule has 0 saturated carbocycles. The van der Waals surface area contributed by atoms with Crippen molar-refractivity contribution in [1.82, 2.24) is 4.98 Å². The van der Waals surface area contributed by atoms with Crippen LogP contribution in [0.1, 0.15) is 110 Å². The van der Waals surface area contributed by atoms with E-state index in [0.717, 1.165) is 6.42 Å². The van der Waals surface area contributed by atoms with Gasteiger partial charge in [-0.1, -0.05) is 109 Å². The van der Waals surface area contributed by atoms with Crippen molar-refractivity contribution in [3.63, 3.8) is 0 Å². The third-order valence-electron chi connectivity index (χ3n) is 6.12. The normalized spacial score (nSPS) is 11.3. The van der Waals surface area contributed by atoms with Gasteiger partial charge in [-0.2, -0.15) is 0 Å². The molecule has 188 valence electrons. The topological polar surface area (TPSA) is 67.1 Å². The molecule has 0 spiro atoms. The summed E-state index contributed by atoms with van der Waals surface area (Å²) in [6.45, 7) is 2.95. The first kappa shape index (κ1) is 27.8. The van der Waals surface area contributed by atoms with Crippen LogP contribution in [0.2, 0.25) is 0 Å². The van der Waals surface area contributed by atoms with Crippen LogP contribution in [-0.4, -0.2) is 16.7 Å². The molecule has 34 heavy (non-hydrogen) atoms. The summed E-state index contributed by atoms with van der Waals surface area (Å²) >= 11 is 0. The number of phenolic OH excluding ortho intramolecular Hbond substituents is 1. The molecule has 0 aliphatic heterocycles. The van der Waals surface area contributed by atoms with E-state index in [2.05, 4.69) is 22.1 Å². The Bertz CT molecular complexity index is 780. The number of benzene rings is 1. The number of nitrogens with zero attached hydrogens (tertiary/aromatic N) is 3. The van der Waals surface area contributed by atoms with Crippen molar-refractivity contribution in [3.8, 4) is 11.5 Å². The zero-order valence-corrected chi connectivity index (χ0v) is 21.3. The highest BCUT2D eigenvalue weighted by molar-refractivity contribution is 5.54. The van der Waals surface area contributed by atoms with Gasteiger partial charge >= 0.3 is 0 Å². The zero-order chi connectivity index (χ0) is 24.1. The highest BCUT2D eigenvalue weighted by atomic mass is 16.5. The molecule has 1 aromatic carbocycles. The number of hydrogen-bond donors (Lipinski definition) is 1. The van der Waals surface area contributed by atoms with Gasteiger partial charge in [-0.05, 0) is 30.7 Å². The lowest BCUT2D eigenvalue weighted by atomic mass is 10.0. The van der Waals surface area contributed by atoms with Gasteiger partial charge in [0.25, 0.3) is 0 Å². The van der Waals surface area contributed by atoms with Gasteiger partial charge < -0.3 is 9.84 Å². The second kappa shape index (κ2) is 18.9. The van der Waals surface area contributed by atoms with E-state index in [0.29, 0.717) is 23.9 Å². The molecule has 1 N–H and O–H groups in total. The number of pyridine rings is 1. The predicted molar refractivity (Wildman–Crippen MR) is 142 cm³/mol. The molecule has 2 aromatic rings. The Balaban J connectivity index is 1.42. The number of hydrogen-bond acceptors (Lipinski definition) is 5. The largest absolute Gasteiger partial charge is 0.505 e. The number of aromatic nitrogens is 1. The SMILES string of the molecule is CCCCCCCCCCCCCCCCCCOc1ccc(N=Nc2ccccn2)c(O)c1. The summed E-state index contributed by atoms with van der Waals surface area (Å²) in [4.78, 5) is 4.08. The van der Waals surface area contributed by atoms with Gasteiger partial charge in [0.2, 0.25) is 0 Å². The molecular formula is C29H45N3O2. The Morgan fingerprint density at radius 2 is 1.29 bits per heavy atom. The van der Waals surface area contributed by atoms with E-state index in [1.807, 2.05) is 18.2 Å². The maximum atomic E-state index is 10.2. The molecule has 5 nitrogen and oxygen atoms in total. The van der Waals surface area contributed by atoms with E-state index >= 15 is 0 Å². The molecule has 0 saturated heterocycles. The van der Waals surface area contributed by atoms with E-state index in [4.69, 9.17) is 4.74 Å². The van der Waals surface area contributed by atoms with Gasteiger partial charge in [0, 0.05) is 12.3 Å².